The molecule has 2 aromatic heterocycles. The number of amides is 1. The molecule has 0 fully saturated rings. The average molecular weight is 318 g/mol. The van der Waals surface area contributed by atoms with Crippen LogP contribution in [0.3, 0.4) is 0 Å². The number of pyridine rings is 1. The van der Waals surface area contributed by atoms with E-state index in [0.29, 0.717) is 17.8 Å². The van der Waals surface area contributed by atoms with Gasteiger partial charge in [0.1, 0.15) is 17.5 Å². The minimum Gasteiger partial charge on any atom is -0.467 e. The maximum Gasteiger partial charge on any atom is 0.274 e. The highest BCUT2D eigenvalue weighted by Gasteiger charge is 2.11. The SMILES string of the molecule is N#Cc1ccccc1NC(=O)c1cc(NCc2ccco2)ccn1. The number of furan rings is 1. The first kappa shape index (κ1) is 15.3. The third kappa shape index (κ3) is 3.59. The van der Waals surface area contributed by atoms with Gasteiger partial charge < -0.3 is 15.1 Å². The van der Waals surface area contributed by atoms with E-state index in [4.69, 9.17) is 9.68 Å². The van der Waals surface area contributed by atoms with E-state index in [-0.39, 0.29) is 11.6 Å². The number of nitrogens with zero attached hydrogens (tertiary/aromatic N) is 2. The fraction of sp³-hybridized carbons (Fsp3) is 0.0556. The van der Waals surface area contributed by atoms with Crippen LogP contribution in [-0.2, 0) is 6.54 Å². The van der Waals surface area contributed by atoms with Crippen LogP contribution in [0.1, 0.15) is 21.8 Å². The summed E-state index contributed by atoms with van der Waals surface area (Å²) >= 11 is 0. The van der Waals surface area contributed by atoms with Crippen molar-refractivity contribution in [1.82, 2.24) is 4.98 Å². The number of nitrogens with one attached hydrogen (secondary N) is 2. The molecule has 0 atom stereocenters. The van der Waals surface area contributed by atoms with E-state index in [1.807, 2.05) is 18.2 Å². The second-order valence-electron chi connectivity index (χ2n) is 4.97. The predicted molar refractivity (Wildman–Crippen MR) is 89.4 cm³/mol. The van der Waals surface area contributed by atoms with Crippen LogP contribution < -0.4 is 10.6 Å². The highest BCUT2D eigenvalue weighted by molar-refractivity contribution is 6.04. The fourth-order valence-corrected chi connectivity index (χ4v) is 2.14. The van der Waals surface area contributed by atoms with Crippen molar-refractivity contribution < 1.29 is 9.21 Å². The van der Waals surface area contributed by atoms with Gasteiger partial charge in [0.05, 0.1) is 24.1 Å². The summed E-state index contributed by atoms with van der Waals surface area (Å²) in [7, 11) is 0. The number of aromatic nitrogens is 1. The summed E-state index contributed by atoms with van der Waals surface area (Å²) < 4.78 is 5.25. The van der Waals surface area contributed by atoms with Gasteiger partial charge in [0.2, 0.25) is 0 Å². The number of hydrogen-bond donors (Lipinski definition) is 2. The molecule has 0 aliphatic carbocycles. The maximum atomic E-state index is 12.3. The Labute approximate surface area is 138 Å². The molecule has 3 aromatic rings. The van der Waals surface area contributed by atoms with E-state index in [9.17, 15) is 4.79 Å². The number of rotatable bonds is 5. The monoisotopic (exact) mass is 318 g/mol. The number of nitriles is 1. The van der Waals surface area contributed by atoms with Crippen LogP contribution in [0.25, 0.3) is 0 Å². The zero-order valence-corrected chi connectivity index (χ0v) is 12.7. The second kappa shape index (κ2) is 7.11. The van der Waals surface area contributed by atoms with Crippen molar-refractivity contribution in [3.63, 3.8) is 0 Å². The summed E-state index contributed by atoms with van der Waals surface area (Å²) in [5.74, 6) is 0.417. The summed E-state index contributed by atoms with van der Waals surface area (Å²) in [5, 5.41) is 14.9. The Bertz CT molecular complexity index is 882. The molecule has 6 nitrogen and oxygen atoms in total. The van der Waals surface area contributed by atoms with E-state index in [1.165, 1.54) is 0 Å². The molecule has 0 radical (unpaired) electrons. The van der Waals surface area contributed by atoms with Gasteiger partial charge >= 0.3 is 0 Å². The lowest BCUT2D eigenvalue weighted by atomic mass is 10.2. The number of carbonyl (C=O) groups excluding carboxylic acids is 1. The van der Waals surface area contributed by atoms with Gasteiger partial charge in [-0.25, -0.2) is 0 Å². The summed E-state index contributed by atoms with van der Waals surface area (Å²) in [6, 6.07) is 15.9. The van der Waals surface area contributed by atoms with Gasteiger partial charge in [0.15, 0.2) is 0 Å². The van der Waals surface area contributed by atoms with Crippen molar-refractivity contribution in [3.8, 4) is 6.07 Å². The van der Waals surface area contributed by atoms with Crippen LogP contribution in [0.5, 0.6) is 0 Å². The van der Waals surface area contributed by atoms with Crippen molar-refractivity contribution in [2.75, 3.05) is 10.6 Å². The van der Waals surface area contributed by atoms with E-state index >= 15 is 0 Å². The van der Waals surface area contributed by atoms with Gasteiger partial charge in [-0.1, -0.05) is 12.1 Å². The summed E-state index contributed by atoms with van der Waals surface area (Å²) in [4.78, 5) is 16.4. The lowest BCUT2D eigenvalue weighted by Crippen LogP contribution is -2.14. The van der Waals surface area contributed by atoms with Crippen molar-refractivity contribution in [2.45, 2.75) is 6.54 Å². The topological polar surface area (TPSA) is 91.0 Å². The smallest absolute Gasteiger partial charge is 0.274 e. The molecule has 1 aromatic carbocycles. The summed E-state index contributed by atoms with van der Waals surface area (Å²) in [6.45, 7) is 0.509. The normalized spacial score (nSPS) is 9.96. The van der Waals surface area contributed by atoms with E-state index < -0.39 is 0 Å². The van der Waals surface area contributed by atoms with E-state index in [1.54, 1.807) is 48.9 Å². The van der Waals surface area contributed by atoms with Crippen LogP contribution in [0.2, 0.25) is 0 Å². The number of anilines is 2. The molecule has 0 spiro atoms. The molecule has 3 rings (SSSR count). The van der Waals surface area contributed by atoms with Crippen LogP contribution in [0, 0.1) is 11.3 Å². The first-order valence-corrected chi connectivity index (χ1v) is 7.29. The van der Waals surface area contributed by atoms with Gasteiger partial charge in [-0.05, 0) is 36.4 Å². The third-order valence-corrected chi connectivity index (χ3v) is 3.34. The Kier molecular flexibility index (Phi) is 4.54. The molecule has 2 N–H and O–H groups in total. The van der Waals surface area contributed by atoms with Crippen molar-refractivity contribution in [1.29, 1.82) is 5.26 Å². The molecule has 1 amide bonds. The molecule has 2 heterocycles. The van der Waals surface area contributed by atoms with Crippen molar-refractivity contribution in [3.05, 3.63) is 78.0 Å². The van der Waals surface area contributed by atoms with Crippen LogP contribution in [0.15, 0.2) is 65.4 Å². The highest BCUT2D eigenvalue weighted by Crippen LogP contribution is 2.16. The molecule has 0 saturated heterocycles. The largest absolute Gasteiger partial charge is 0.467 e. The Balaban J connectivity index is 1.71. The van der Waals surface area contributed by atoms with Gasteiger partial charge in [-0.3, -0.25) is 9.78 Å². The standard InChI is InChI=1S/C18H14N4O2/c19-11-13-4-1-2-6-16(13)22-18(23)17-10-14(7-8-20-17)21-12-15-5-3-9-24-15/h1-10H,12H2,(H,20,21)(H,22,23). The number of benzene rings is 1. The molecule has 24 heavy (non-hydrogen) atoms. The van der Waals surface area contributed by atoms with E-state index in [2.05, 4.69) is 15.6 Å². The maximum absolute atomic E-state index is 12.3. The average Bonchev–Trinajstić information content (AvgIpc) is 3.14. The lowest BCUT2D eigenvalue weighted by Gasteiger charge is -2.08. The minimum atomic E-state index is -0.376. The summed E-state index contributed by atoms with van der Waals surface area (Å²) in [5.41, 5.74) is 1.87. The summed E-state index contributed by atoms with van der Waals surface area (Å²) in [6.07, 6.45) is 3.16. The zero-order chi connectivity index (χ0) is 16.8. The lowest BCUT2D eigenvalue weighted by molar-refractivity contribution is 0.102. The Morgan fingerprint density at radius 2 is 2.08 bits per heavy atom. The van der Waals surface area contributed by atoms with Crippen molar-refractivity contribution in [2.24, 2.45) is 0 Å². The molecular weight excluding hydrogens is 304 g/mol. The number of para-hydroxylation sites is 1. The molecule has 6 heteroatoms. The first-order valence-electron chi connectivity index (χ1n) is 7.29. The Morgan fingerprint density at radius 3 is 2.88 bits per heavy atom. The molecule has 0 unspecified atom stereocenters. The third-order valence-electron chi connectivity index (χ3n) is 3.34. The molecule has 0 saturated carbocycles. The molecule has 0 bridgehead atoms. The number of hydrogen-bond acceptors (Lipinski definition) is 5. The minimum absolute atomic E-state index is 0.257. The van der Waals surface area contributed by atoms with Crippen LogP contribution in [0.4, 0.5) is 11.4 Å². The second-order valence-corrected chi connectivity index (χ2v) is 4.97. The predicted octanol–water partition coefficient (Wildman–Crippen LogP) is 3.41. The van der Waals surface area contributed by atoms with Crippen LogP contribution in [-0.4, -0.2) is 10.9 Å². The Hall–Kier alpha value is -3.59. The molecular formula is C18H14N4O2. The first-order chi connectivity index (χ1) is 11.8. The van der Waals surface area contributed by atoms with Gasteiger partial charge in [0, 0.05) is 11.9 Å². The van der Waals surface area contributed by atoms with Crippen molar-refractivity contribution >= 4 is 17.3 Å². The van der Waals surface area contributed by atoms with Crippen LogP contribution >= 0.6 is 0 Å². The van der Waals surface area contributed by atoms with E-state index in [0.717, 1.165) is 11.4 Å². The Morgan fingerprint density at radius 1 is 1.21 bits per heavy atom. The highest BCUT2D eigenvalue weighted by atomic mass is 16.3. The molecule has 0 aliphatic heterocycles. The molecule has 118 valence electrons. The fourth-order valence-electron chi connectivity index (χ4n) is 2.14. The van der Waals surface area contributed by atoms with Gasteiger partial charge in [-0.2, -0.15) is 5.26 Å². The quantitative estimate of drug-likeness (QED) is 0.752. The van der Waals surface area contributed by atoms with Gasteiger partial charge in [-0.15, -0.1) is 0 Å². The zero-order valence-electron chi connectivity index (χ0n) is 12.7. The molecule has 0 aliphatic rings. The number of carbonyl (C=O) groups is 1. The van der Waals surface area contributed by atoms with Gasteiger partial charge in [0.25, 0.3) is 5.91 Å².